The minimum absolute atomic E-state index is 0.395. The molecule has 1 atom stereocenters. The molecular formula is C19H26N4O. The molecule has 128 valence electrons. The highest BCUT2D eigenvalue weighted by Gasteiger charge is 2.39. The SMILES string of the molecule is CCCCCCC(NCc1ccccc1)(C(N)=O)c1ccncn1. The second-order valence-electron chi connectivity index (χ2n) is 6.01. The Morgan fingerprint density at radius 1 is 1.17 bits per heavy atom. The van der Waals surface area contributed by atoms with Gasteiger partial charge < -0.3 is 5.73 Å². The molecule has 0 aliphatic carbocycles. The summed E-state index contributed by atoms with van der Waals surface area (Å²) in [4.78, 5) is 20.7. The second-order valence-corrected chi connectivity index (χ2v) is 6.01. The Bertz CT molecular complexity index is 618. The van der Waals surface area contributed by atoms with Crippen LogP contribution in [0.3, 0.4) is 0 Å². The first kappa shape index (κ1) is 18.1. The molecule has 0 radical (unpaired) electrons. The Morgan fingerprint density at radius 3 is 2.58 bits per heavy atom. The molecule has 1 aromatic carbocycles. The molecule has 1 unspecified atom stereocenters. The van der Waals surface area contributed by atoms with Gasteiger partial charge >= 0.3 is 0 Å². The zero-order chi connectivity index (χ0) is 17.3. The lowest BCUT2D eigenvalue weighted by molar-refractivity contribution is -0.125. The first-order valence-corrected chi connectivity index (χ1v) is 8.54. The highest BCUT2D eigenvalue weighted by atomic mass is 16.1. The minimum atomic E-state index is -0.966. The van der Waals surface area contributed by atoms with Gasteiger partial charge in [0.2, 0.25) is 5.91 Å². The summed E-state index contributed by atoms with van der Waals surface area (Å²) in [6, 6.07) is 11.7. The van der Waals surface area contributed by atoms with Crippen LogP contribution in [0.5, 0.6) is 0 Å². The van der Waals surface area contributed by atoms with Crippen LogP contribution in [0.25, 0.3) is 0 Å². The third-order valence-corrected chi connectivity index (χ3v) is 4.28. The summed E-state index contributed by atoms with van der Waals surface area (Å²) in [7, 11) is 0. The van der Waals surface area contributed by atoms with Crippen molar-refractivity contribution < 1.29 is 4.79 Å². The molecular weight excluding hydrogens is 300 g/mol. The van der Waals surface area contributed by atoms with Crippen LogP contribution >= 0.6 is 0 Å². The number of hydrogen-bond donors (Lipinski definition) is 2. The highest BCUT2D eigenvalue weighted by molar-refractivity contribution is 5.85. The molecule has 1 amide bonds. The molecule has 0 saturated carbocycles. The maximum absolute atomic E-state index is 12.4. The minimum Gasteiger partial charge on any atom is -0.368 e. The second kappa shape index (κ2) is 9.13. The van der Waals surface area contributed by atoms with E-state index in [2.05, 4.69) is 22.2 Å². The van der Waals surface area contributed by atoms with E-state index in [4.69, 9.17) is 5.73 Å². The van der Waals surface area contributed by atoms with E-state index in [9.17, 15) is 4.79 Å². The topological polar surface area (TPSA) is 80.9 Å². The van der Waals surface area contributed by atoms with Gasteiger partial charge in [-0.1, -0.05) is 62.9 Å². The predicted molar refractivity (Wildman–Crippen MR) is 94.9 cm³/mol. The Kier molecular flexibility index (Phi) is 6.88. The van der Waals surface area contributed by atoms with Gasteiger partial charge in [-0.3, -0.25) is 10.1 Å². The quantitative estimate of drug-likeness (QED) is 0.658. The van der Waals surface area contributed by atoms with Crippen molar-refractivity contribution in [1.82, 2.24) is 15.3 Å². The zero-order valence-corrected chi connectivity index (χ0v) is 14.2. The molecule has 0 aliphatic rings. The largest absolute Gasteiger partial charge is 0.368 e. The van der Waals surface area contributed by atoms with Gasteiger partial charge in [-0.2, -0.15) is 0 Å². The maximum atomic E-state index is 12.4. The molecule has 3 N–H and O–H groups in total. The van der Waals surface area contributed by atoms with Gasteiger partial charge in [0.25, 0.3) is 0 Å². The molecule has 24 heavy (non-hydrogen) atoms. The Hall–Kier alpha value is -2.27. The van der Waals surface area contributed by atoms with Gasteiger partial charge in [-0.05, 0) is 18.1 Å². The van der Waals surface area contributed by atoms with Crippen molar-refractivity contribution in [2.45, 2.75) is 51.1 Å². The number of primary amides is 1. The van der Waals surface area contributed by atoms with Crippen molar-refractivity contribution in [3.8, 4) is 0 Å². The average molecular weight is 326 g/mol. The molecule has 0 fully saturated rings. The lowest BCUT2D eigenvalue weighted by Crippen LogP contribution is -2.53. The molecule has 0 saturated heterocycles. The van der Waals surface area contributed by atoms with E-state index in [0.717, 1.165) is 31.2 Å². The summed E-state index contributed by atoms with van der Waals surface area (Å²) < 4.78 is 0. The van der Waals surface area contributed by atoms with Gasteiger partial charge in [0, 0.05) is 12.7 Å². The van der Waals surface area contributed by atoms with Crippen LogP contribution in [0.2, 0.25) is 0 Å². The lowest BCUT2D eigenvalue weighted by atomic mass is 9.87. The summed E-state index contributed by atoms with van der Waals surface area (Å²) in [6.45, 7) is 2.72. The average Bonchev–Trinajstić information content (AvgIpc) is 2.63. The number of benzene rings is 1. The first-order chi connectivity index (χ1) is 11.7. The van der Waals surface area contributed by atoms with E-state index >= 15 is 0 Å². The van der Waals surface area contributed by atoms with Gasteiger partial charge in [0.15, 0.2) is 0 Å². The van der Waals surface area contributed by atoms with Gasteiger partial charge in [-0.15, -0.1) is 0 Å². The van der Waals surface area contributed by atoms with Crippen molar-refractivity contribution in [3.05, 3.63) is 60.2 Å². The Balaban J connectivity index is 2.22. The summed E-state index contributed by atoms with van der Waals surface area (Å²) >= 11 is 0. The van der Waals surface area contributed by atoms with Crippen LogP contribution in [-0.4, -0.2) is 15.9 Å². The summed E-state index contributed by atoms with van der Waals surface area (Å²) in [5.74, 6) is -0.395. The van der Waals surface area contributed by atoms with Crippen molar-refractivity contribution in [2.24, 2.45) is 5.73 Å². The molecule has 0 spiro atoms. The maximum Gasteiger partial charge on any atom is 0.243 e. The number of nitrogens with one attached hydrogen (secondary N) is 1. The molecule has 2 aromatic rings. The van der Waals surface area contributed by atoms with E-state index in [0.29, 0.717) is 18.7 Å². The number of aromatic nitrogens is 2. The number of amides is 1. The van der Waals surface area contributed by atoms with Crippen molar-refractivity contribution >= 4 is 5.91 Å². The fourth-order valence-electron chi connectivity index (χ4n) is 2.85. The number of nitrogens with two attached hydrogens (primary N) is 1. The van der Waals surface area contributed by atoms with E-state index in [1.807, 2.05) is 30.3 Å². The summed E-state index contributed by atoms with van der Waals surface area (Å²) in [5, 5.41) is 3.38. The molecule has 2 rings (SSSR count). The number of nitrogens with zero attached hydrogens (tertiary/aromatic N) is 2. The molecule has 0 bridgehead atoms. The van der Waals surface area contributed by atoms with Gasteiger partial charge in [-0.25, -0.2) is 9.97 Å². The van der Waals surface area contributed by atoms with E-state index in [1.54, 1.807) is 12.3 Å². The van der Waals surface area contributed by atoms with Crippen molar-refractivity contribution in [2.75, 3.05) is 0 Å². The third kappa shape index (κ3) is 4.61. The van der Waals surface area contributed by atoms with Crippen molar-refractivity contribution in [3.63, 3.8) is 0 Å². The summed E-state index contributed by atoms with van der Waals surface area (Å²) in [5.41, 5.74) is 6.59. The predicted octanol–water partition coefficient (Wildman–Crippen LogP) is 2.92. The van der Waals surface area contributed by atoms with Crippen LogP contribution in [0.15, 0.2) is 48.9 Å². The fourth-order valence-corrected chi connectivity index (χ4v) is 2.85. The van der Waals surface area contributed by atoms with Crippen LogP contribution in [0, 0.1) is 0 Å². The van der Waals surface area contributed by atoms with Gasteiger partial charge in [0.05, 0.1) is 5.69 Å². The third-order valence-electron chi connectivity index (χ3n) is 4.28. The number of carbonyl (C=O) groups is 1. The Morgan fingerprint density at radius 2 is 1.96 bits per heavy atom. The molecule has 5 heteroatoms. The van der Waals surface area contributed by atoms with Crippen LogP contribution in [0.4, 0.5) is 0 Å². The smallest absolute Gasteiger partial charge is 0.243 e. The molecule has 1 aromatic heterocycles. The van der Waals surface area contributed by atoms with Gasteiger partial charge in [0.1, 0.15) is 11.9 Å². The number of hydrogen-bond acceptors (Lipinski definition) is 4. The fraction of sp³-hybridized carbons (Fsp3) is 0.421. The Labute approximate surface area is 143 Å². The highest BCUT2D eigenvalue weighted by Crippen LogP contribution is 2.26. The van der Waals surface area contributed by atoms with Crippen LogP contribution < -0.4 is 11.1 Å². The van der Waals surface area contributed by atoms with E-state index in [1.165, 1.54) is 6.33 Å². The standard InChI is InChI=1S/C19H26N4O/c1-2-3-4-8-12-19(18(20)24,17-11-13-21-15-22-17)23-14-16-9-6-5-7-10-16/h5-7,9-11,13,15,23H,2-4,8,12,14H2,1H3,(H2,20,24). The van der Waals surface area contributed by atoms with Crippen LogP contribution in [-0.2, 0) is 16.9 Å². The number of unbranched alkanes of at least 4 members (excludes halogenated alkanes) is 3. The molecule has 5 nitrogen and oxygen atoms in total. The van der Waals surface area contributed by atoms with E-state index < -0.39 is 11.4 Å². The lowest BCUT2D eigenvalue weighted by Gasteiger charge is -2.31. The normalized spacial score (nSPS) is 13.4. The zero-order valence-electron chi connectivity index (χ0n) is 14.2. The number of rotatable bonds is 10. The first-order valence-electron chi connectivity index (χ1n) is 8.54. The number of carbonyl (C=O) groups excluding carboxylic acids is 1. The molecule has 0 aliphatic heterocycles. The summed E-state index contributed by atoms with van der Waals surface area (Å²) in [6.07, 6.45) is 8.03. The van der Waals surface area contributed by atoms with E-state index in [-0.39, 0.29) is 0 Å². The molecule has 1 heterocycles. The van der Waals surface area contributed by atoms with Crippen molar-refractivity contribution in [1.29, 1.82) is 0 Å². The monoisotopic (exact) mass is 326 g/mol. The van der Waals surface area contributed by atoms with Crippen LogP contribution in [0.1, 0.15) is 50.3 Å².